The van der Waals surface area contributed by atoms with Crippen molar-refractivity contribution in [1.29, 1.82) is 0 Å². The second kappa shape index (κ2) is 8.43. The van der Waals surface area contributed by atoms with Crippen LogP contribution in [0.4, 0.5) is 4.39 Å². The molecule has 3 atom stereocenters. The zero-order valence-electron chi connectivity index (χ0n) is 14.3. The minimum absolute atomic E-state index is 0.0498. The number of hydrogen-bond donors (Lipinski definition) is 1. The first-order valence-electron chi connectivity index (χ1n) is 8.59. The lowest BCUT2D eigenvalue weighted by Crippen LogP contribution is -2.47. The maximum absolute atomic E-state index is 13.6. The number of halogens is 1. The first-order chi connectivity index (χ1) is 12.1. The van der Waals surface area contributed by atoms with Crippen LogP contribution in [-0.2, 0) is 4.74 Å². The smallest absolute Gasteiger partial charge is 0.165 e. The molecule has 0 bridgehead atoms. The van der Waals surface area contributed by atoms with Gasteiger partial charge in [0.15, 0.2) is 11.6 Å². The van der Waals surface area contributed by atoms with Crippen LogP contribution < -0.4 is 4.74 Å². The summed E-state index contributed by atoms with van der Waals surface area (Å²) in [6.07, 6.45) is -0.601. The molecule has 5 heteroatoms. The lowest BCUT2D eigenvalue weighted by molar-refractivity contribution is -0.0717. The topological polar surface area (TPSA) is 41.9 Å². The third-order valence-electron chi connectivity index (χ3n) is 4.37. The van der Waals surface area contributed by atoms with Crippen LogP contribution in [0.2, 0.25) is 0 Å². The molecular weight excluding hydrogens is 321 g/mol. The number of nitrogens with zero attached hydrogens (tertiary/aromatic N) is 1. The number of aliphatic hydroxyl groups excluding tert-OH is 1. The predicted octanol–water partition coefficient (Wildman–Crippen LogP) is 3.03. The second-order valence-electron chi connectivity index (χ2n) is 6.42. The molecule has 1 aliphatic heterocycles. The molecule has 0 radical (unpaired) electrons. The van der Waals surface area contributed by atoms with E-state index in [1.807, 2.05) is 25.1 Å². The van der Waals surface area contributed by atoms with Gasteiger partial charge in [0.2, 0.25) is 0 Å². The number of benzene rings is 2. The van der Waals surface area contributed by atoms with Crippen LogP contribution in [-0.4, -0.2) is 48.5 Å². The van der Waals surface area contributed by atoms with Crippen LogP contribution in [0.1, 0.15) is 18.5 Å². The average molecular weight is 345 g/mol. The highest BCUT2D eigenvalue weighted by Crippen LogP contribution is 2.26. The molecule has 0 aromatic heterocycles. The van der Waals surface area contributed by atoms with Gasteiger partial charge < -0.3 is 14.6 Å². The van der Waals surface area contributed by atoms with Crippen molar-refractivity contribution in [1.82, 2.24) is 4.90 Å². The molecule has 2 aromatic rings. The molecule has 1 fully saturated rings. The minimum atomic E-state index is -0.712. The van der Waals surface area contributed by atoms with E-state index in [2.05, 4.69) is 17.0 Å². The third kappa shape index (κ3) is 4.78. The van der Waals surface area contributed by atoms with Gasteiger partial charge in [-0.2, -0.15) is 0 Å². The Morgan fingerprint density at radius 2 is 1.92 bits per heavy atom. The zero-order valence-corrected chi connectivity index (χ0v) is 14.3. The van der Waals surface area contributed by atoms with Crippen LogP contribution in [0.5, 0.6) is 5.75 Å². The van der Waals surface area contributed by atoms with Gasteiger partial charge in [0.05, 0.1) is 18.8 Å². The number of hydrogen-bond acceptors (Lipinski definition) is 4. The summed E-state index contributed by atoms with van der Waals surface area (Å²) in [5.74, 6) is -0.256. The van der Waals surface area contributed by atoms with Gasteiger partial charge in [0, 0.05) is 13.1 Å². The monoisotopic (exact) mass is 345 g/mol. The zero-order chi connectivity index (χ0) is 17.6. The highest BCUT2D eigenvalue weighted by Gasteiger charge is 2.29. The molecule has 1 aliphatic rings. The summed E-state index contributed by atoms with van der Waals surface area (Å²) in [4.78, 5) is 2.21. The highest BCUT2D eigenvalue weighted by atomic mass is 19.1. The SMILES string of the molecule is C[C@@H]1CN(C[C@@H](O)COc2ccccc2F)[C@H](c2ccccc2)CO1. The number of rotatable bonds is 6. The summed E-state index contributed by atoms with van der Waals surface area (Å²) in [6, 6.07) is 16.4. The van der Waals surface area contributed by atoms with Crippen LogP contribution in [0, 0.1) is 5.82 Å². The molecule has 1 N–H and O–H groups in total. The van der Waals surface area contributed by atoms with E-state index in [0.717, 1.165) is 12.1 Å². The number of ether oxygens (including phenoxy) is 2. The van der Waals surface area contributed by atoms with E-state index < -0.39 is 11.9 Å². The molecule has 134 valence electrons. The Morgan fingerprint density at radius 3 is 2.68 bits per heavy atom. The number of β-amino-alcohol motifs (C(OH)–C–C–N with tert-alkyl or cyclic N) is 1. The molecule has 1 saturated heterocycles. The Morgan fingerprint density at radius 1 is 1.20 bits per heavy atom. The summed E-state index contributed by atoms with van der Waals surface area (Å²) in [5, 5.41) is 10.4. The summed E-state index contributed by atoms with van der Waals surface area (Å²) in [7, 11) is 0. The maximum Gasteiger partial charge on any atom is 0.165 e. The predicted molar refractivity (Wildman–Crippen MR) is 94.1 cm³/mol. The van der Waals surface area contributed by atoms with Crippen molar-refractivity contribution >= 4 is 0 Å². The van der Waals surface area contributed by atoms with E-state index in [0.29, 0.717) is 13.2 Å². The molecule has 4 nitrogen and oxygen atoms in total. The van der Waals surface area contributed by atoms with E-state index in [9.17, 15) is 9.50 Å². The first kappa shape index (κ1) is 17.9. The fourth-order valence-electron chi connectivity index (χ4n) is 3.13. The van der Waals surface area contributed by atoms with E-state index >= 15 is 0 Å². The molecule has 25 heavy (non-hydrogen) atoms. The average Bonchev–Trinajstić information content (AvgIpc) is 2.62. The van der Waals surface area contributed by atoms with Crippen molar-refractivity contribution in [2.75, 3.05) is 26.3 Å². The molecule has 0 aliphatic carbocycles. The summed E-state index contributed by atoms with van der Waals surface area (Å²) in [5.41, 5.74) is 1.16. The van der Waals surface area contributed by atoms with E-state index in [4.69, 9.17) is 9.47 Å². The maximum atomic E-state index is 13.6. The van der Waals surface area contributed by atoms with Gasteiger partial charge in [0.1, 0.15) is 12.7 Å². The number of aliphatic hydroxyl groups is 1. The Bertz CT molecular complexity index is 667. The Hall–Kier alpha value is -1.95. The van der Waals surface area contributed by atoms with Gasteiger partial charge in [-0.25, -0.2) is 4.39 Å². The molecule has 0 saturated carbocycles. The minimum Gasteiger partial charge on any atom is -0.488 e. The largest absolute Gasteiger partial charge is 0.488 e. The molecule has 2 aromatic carbocycles. The van der Waals surface area contributed by atoms with E-state index in [1.54, 1.807) is 18.2 Å². The summed E-state index contributed by atoms with van der Waals surface area (Å²) in [6.45, 7) is 3.84. The Labute approximate surface area is 147 Å². The second-order valence-corrected chi connectivity index (χ2v) is 6.42. The Kier molecular flexibility index (Phi) is 6.02. The van der Waals surface area contributed by atoms with Crippen LogP contribution in [0.15, 0.2) is 54.6 Å². The fraction of sp³-hybridized carbons (Fsp3) is 0.400. The quantitative estimate of drug-likeness (QED) is 0.874. The first-order valence-corrected chi connectivity index (χ1v) is 8.59. The molecule has 0 spiro atoms. The number of para-hydroxylation sites is 1. The van der Waals surface area contributed by atoms with Crippen LogP contribution >= 0.6 is 0 Å². The van der Waals surface area contributed by atoms with Crippen molar-refractivity contribution in [3.63, 3.8) is 0 Å². The normalized spacial score (nSPS) is 22.5. The van der Waals surface area contributed by atoms with Crippen molar-refractivity contribution in [3.05, 3.63) is 66.0 Å². The standard InChI is InChI=1S/C20H24FNO3/c1-15-11-22(19(14-24-15)16-7-3-2-4-8-16)12-17(23)13-25-20-10-6-5-9-18(20)21/h2-10,15,17,19,23H,11-14H2,1H3/t15-,17-,19+/m1/s1. The summed E-state index contributed by atoms with van der Waals surface area (Å²) < 4.78 is 24.8. The van der Waals surface area contributed by atoms with Crippen LogP contribution in [0.25, 0.3) is 0 Å². The fourth-order valence-corrected chi connectivity index (χ4v) is 3.13. The van der Waals surface area contributed by atoms with Gasteiger partial charge in [-0.3, -0.25) is 4.90 Å². The van der Waals surface area contributed by atoms with Gasteiger partial charge >= 0.3 is 0 Å². The molecule has 1 heterocycles. The molecule has 0 unspecified atom stereocenters. The van der Waals surface area contributed by atoms with Crippen LogP contribution in [0.3, 0.4) is 0 Å². The lowest BCUT2D eigenvalue weighted by atomic mass is 10.0. The third-order valence-corrected chi connectivity index (χ3v) is 4.37. The Balaban J connectivity index is 1.61. The lowest BCUT2D eigenvalue weighted by Gasteiger charge is -2.39. The molecular formula is C20H24FNO3. The van der Waals surface area contributed by atoms with Gasteiger partial charge in [0.25, 0.3) is 0 Å². The highest BCUT2D eigenvalue weighted by molar-refractivity contribution is 5.23. The van der Waals surface area contributed by atoms with Crippen molar-refractivity contribution in [2.24, 2.45) is 0 Å². The van der Waals surface area contributed by atoms with Gasteiger partial charge in [-0.15, -0.1) is 0 Å². The van der Waals surface area contributed by atoms with Gasteiger partial charge in [-0.1, -0.05) is 42.5 Å². The van der Waals surface area contributed by atoms with Crippen molar-refractivity contribution in [3.8, 4) is 5.75 Å². The van der Waals surface area contributed by atoms with Crippen molar-refractivity contribution < 1.29 is 19.0 Å². The molecule has 3 rings (SSSR count). The molecule has 0 amide bonds. The van der Waals surface area contributed by atoms with Gasteiger partial charge in [-0.05, 0) is 24.6 Å². The van der Waals surface area contributed by atoms with E-state index in [1.165, 1.54) is 6.07 Å². The summed E-state index contributed by atoms with van der Waals surface area (Å²) >= 11 is 0. The van der Waals surface area contributed by atoms with Crippen molar-refractivity contribution in [2.45, 2.75) is 25.2 Å². The number of morpholine rings is 1. The van der Waals surface area contributed by atoms with E-state index in [-0.39, 0.29) is 24.5 Å².